The summed E-state index contributed by atoms with van der Waals surface area (Å²) in [6.07, 6.45) is 1.13. The van der Waals surface area contributed by atoms with Crippen LogP contribution in [0.15, 0.2) is 30.3 Å². The normalized spacial score (nSPS) is 12.1. The zero-order valence-corrected chi connectivity index (χ0v) is 10.7. The number of hydrogen-bond acceptors (Lipinski definition) is 2. The van der Waals surface area contributed by atoms with Crippen molar-refractivity contribution in [1.29, 1.82) is 5.26 Å². The number of hydrogen-bond donors (Lipinski definition) is 2. The highest BCUT2D eigenvalue weighted by Crippen LogP contribution is 2.25. The number of nitrogen functional groups attached to an aromatic ring is 1. The number of nitrogens with two attached hydrogens (primary N) is 1. The summed E-state index contributed by atoms with van der Waals surface area (Å²) in [7, 11) is 0. The number of benzene rings is 1. The van der Waals surface area contributed by atoms with E-state index in [2.05, 4.69) is 49.2 Å². The summed E-state index contributed by atoms with van der Waals surface area (Å²) in [6, 6.07) is 12.2. The van der Waals surface area contributed by atoms with Crippen LogP contribution in [-0.2, 0) is 0 Å². The predicted octanol–water partition coefficient (Wildman–Crippen LogP) is 3.65. The average molecular weight is 239 g/mol. The number of H-pyrrole nitrogens is 1. The van der Waals surface area contributed by atoms with Gasteiger partial charge in [0, 0.05) is 5.69 Å². The van der Waals surface area contributed by atoms with Crippen LogP contribution in [-0.4, -0.2) is 4.98 Å². The third-order valence-electron chi connectivity index (χ3n) is 3.37. The van der Waals surface area contributed by atoms with E-state index in [1.54, 1.807) is 6.07 Å². The Hall–Kier alpha value is -2.21. The van der Waals surface area contributed by atoms with Crippen molar-refractivity contribution in [2.45, 2.75) is 26.2 Å². The van der Waals surface area contributed by atoms with E-state index in [-0.39, 0.29) is 0 Å². The van der Waals surface area contributed by atoms with Gasteiger partial charge in [0.2, 0.25) is 0 Å². The van der Waals surface area contributed by atoms with Gasteiger partial charge in [0.15, 0.2) is 0 Å². The topological polar surface area (TPSA) is 65.6 Å². The second-order valence-electron chi connectivity index (χ2n) is 4.55. The van der Waals surface area contributed by atoms with Crippen LogP contribution in [0, 0.1) is 11.3 Å². The molecule has 1 aromatic heterocycles. The van der Waals surface area contributed by atoms with Crippen molar-refractivity contribution >= 4 is 5.82 Å². The van der Waals surface area contributed by atoms with Gasteiger partial charge in [-0.15, -0.1) is 0 Å². The molecular formula is C15H17N3. The lowest BCUT2D eigenvalue weighted by Crippen LogP contribution is -1.90. The van der Waals surface area contributed by atoms with Gasteiger partial charge in [0.1, 0.15) is 11.9 Å². The van der Waals surface area contributed by atoms with E-state index in [1.807, 2.05) is 0 Å². The first-order valence-electron chi connectivity index (χ1n) is 6.14. The molecule has 0 aliphatic heterocycles. The minimum absolute atomic E-state index is 0.429. The van der Waals surface area contributed by atoms with Crippen LogP contribution >= 0.6 is 0 Å². The van der Waals surface area contributed by atoms with Crippen LogP contribution in [0.4, 0.5) is 5.82 Å². The molecule has 1 atom stereocenters. The van der Waals surface area contributed by atoms with Crippen molar-refractivity contribution in [2.75, 3.05) is 5.73 Å². The largest absolute Gasteiger partial charge is 0.384 e. The Morgan fingerprint density at radius 1 is 1.33 bits per heavy atom. The highest BCUT2D eigenvalue weighted by atomic mass is 14.9. The van der Waals surface area contributed by atoms with Crippen molar-refractivity contribution in [2.24, 2.45) is 0 Å². The molecule has 0 radical (unpaired) electrons. The first kappa shape index (κ1) is 12.3. The van der Waals surface area contributed by atoms with Crippen LogP contribution in [0.5, 0.6) is 0 Å². The highest BCUT2D eigenvalue weighted by molar-refractivity contribution is 5.67. The summed E-state index contributed by atoms with van der Waals surface area (Å²) in [6.45, 7) is 4.40. The molecule has 0 saturated carbocycles. The van der Waals surface area contributed by atoms with Crippen molar-refractivity contribution < 1.29 is 0 Å². The summed E-state index contributed by atoms with van der Waals surface area (Å²) >= 11 is 0. The van der Waals surface area contributed by atoms with Crippen molar-refractivity contribution in [1.82, 2.24) is 4.98 Å². The van der Waals surface area contributed by atoms with Gasteiger partial charge in [-0.2, -0.15) is 5.26 Å². The number of nitrogens with one attached hydrogen (secondary N) is 1. The second-order valence-corrected chi connectivity index (χ2v) is 4.55. The summed E-state index contributed by atoms with van der Waals surface area (Å²) in [5.74, 6) is 1.00. The molecule has 92 valence electrons. The Balaban J connectivity index is 2.32. The van der Waals surface area contributed by atoms with Gasteiger partial charge in [0.05, 0.1) is 5.56 Å². The van der Waals surface area contributed by atoms with Gasteiger partial charge in [-0.1, -0.05) is 38.1 Å². The first-order chi connectivity index (χ1) is 8.65. The lowest BCUT2D eigenvalue weighted by atomic mass is 9.97. The Kier molecular flexibility index (Phi) is 3.38. The summed E-state index contributed by atoms with van der Waals surface area (Å²) in [4.78, 5) is 3.03. The molecule has 3 nitrogen and oxygen atoms in total. The predicted molar refractivity (Wildman–Crippen MR) is 74.1 cm³/mol. The molecule has 3 heteroatoms. The number of nitrogens with zero attached hydrogens (tertiary/aromatic N) is 1. The summed E-state index contributed by atoms with van der Waals surface area (Å²) in [5, 5.41) is 8.88. The Labute approximate surface area is 107 Å². The van der Waals surface area contributed by atoms with Gasteiger partial charge < -0.3 is 10.7 Å². The zero-order valence-electron chi connectivity index (χ0n) is 10.7. The highest BCUT2D eigenvalue weighted by Gasteiger charge is 2.07. The van der Waals surface area contributed by atoms with E-state index in [9.17, 15) is 0 Å². The summed E-state index contributed by atoms with van der Waals surface area (Å²) in [5.41, 5.74) is 9.48. The van der Waals surface area contributed by atoms with Crippen LogP contribution < -0.4 is 5.73 Å². The molecule has 1 heterocycles. The average Bonchev–Trinajstić information content (AvgIpc) is 2.79. The SMILES string of the molecule is CCC(C)c1ccc(-c2cc(C#N)c(N)[nH]2)cc1. The molecule has 0 amide bonds. The maximum atomic E-state index is 8.88. The molecule has 0 aliphatic carbocycles. The van der Waals surface area contributed by atoms with Crippen LogP contribution in [0.2, 0.25) is 0 Å². The van der Waals surface area contributed by atoms with Crippen molar-refractivity contribution in [3.05, 3.63) is 41.5 Å². The van der Waals surface area contributed by atoms with Gasteiger partial charge in [-0.3, -0.25) is 0 Å². The fourth-order valence-corrected chi connectivity index (χ4v) is 1.95. The first-order valence-corrected chi connectivity index (χ1v) is 6.14. The van der Waals surface area contributed by atoms with Crippen LogP contribution in [0.25, 0.3) is 11.3 Å². The van der Waals surface area contributed by atoms with Crippen LogP contribution in [0.1, 0.15) is 37.3 Å². The van der Waals surface area contributed by atoms with Gasteiger partial charge in [-0.25, -0.2) is 0 Å². The molecule has 0 bridgehead atoms. The molecular weight excluding hydrogens is 222 g/mol. The van der Waals surface area contributed by atoms with E-state index in [1.165, 1.54) is 5.56 Å². The standard InChI is InChI=1S/C15H17N3/c1-3-10(2)11-4-6-12(7-5-11)14-8-13(9-16)15(17)18-14/h4-8,10,18H,3,17H2,1-2H3. The number of rotatable bonds is 3. The smallest absolute Gasteiger partial charge is 0.119 e. The van der Waals surface area contributed by atoms with Gasteiger partial charge in [0.25, 0.3) is 0 Å². The van der Waals surface area contributed by atoms with E-state index >= 15 is 0 Å². The molecule has 0 spiro atoms. The minimum Gasteiger partial charge on any atom is -0.384 e. The van der Waals surface area contributed by atoms with Gasteiger partial charge in [-0.05, 0) is 29.5 Å². The van der Waals surface area contributed by atoms with Crippen molar-refractivity contribution in [3.8, 4) is 17.3 Å². The maximum Gasteiger partial charge on any atom is 0.119 e. The monoisotopic (exact) mass is 239 g/mol. The molecule has 1 aromatic carbocycles. The molecule has 0 fully saturated rings. The molecule has 3 N–H and O–H groups in total. The number of aromatic nitrogens is 1. The third-order valence-corrected chi connectivity index (χ3v) is 3.37. The van der Waals surface area contributed by atoms with E-state index in [0.29, 0.717) is 17.3 Å². The van der Waals surface area contributed by atoms with Crippen molar-refractivity contribution in [3.63, 3.8) is 0 Å². The van der Waals surface area contributed by atoms with Gasteiger partial charge >= 0.3 is 0 Å². The molecule has 0 saturated heterocycles. The Morgan fingerprint density at radius 2 is 2.00 bits per heavy atom. The Morgan fingerprint density at radius 3 is 2.50 bits per heavy atom. The fourth-order valence-electron chi connectivity index (χ4n) is 1.95. The van der Waals surface area contributed by atoms with E-state index in [4.69, 9.17) is 11.0 Å². The van der Waals surface area contributed by atoms with Crippen LogP contribution in [0.3, 0.4) is 0 Å². The van der Waals surface area contributed by atoms with E-state index < -0.39 is 0 Å². The number of anilines is 1. The fraction of sp³-hybridized carbons (Fsp3) is 0.267. The molecule has 1 unspecified atom stereocenters. The van der Waals surface area contributed by atoms with E-state index in [0.717, 1.165) is 17.7 Å². The summed E-state index contributed by atoms with van der Waals surface area (Å²) < 4.78 is 0. The lowest BCUT2D eigenvalue weighted by Gasteiger charge is -2.09. The zero-order chi connectivity index (χ0) is 13.1. The maximum absolute atomic E-state index is 8.88. The third kappa shape index (κ3) is 2.23. The lowest BCUT2D eigenvalue weighted by molar-refractivity contribution is 0.734. The molecule has 0 aliphatic rings. The molecule has 18 heavy (non-hydrogen) atoms. The number of aromatic amines is 1. The Bertz CT molecular complexity index is 573. The molecule has 2 aromatic rings. The minimum atomic E-state index is 0.429. The number of nitriles is 1. The second kappa shape index (κ2) is 4.97. The molecule has 2 rings (SSSR count). The quantitative estimate of drug-likeness (QED) is 0.858.